The molecule has 1 fully saturated rings. The first kappa shape index (κ1) is 17.2. The summed E-state index contributed by atoms with van der Waals surface area (Å²) in [5.74, 6) is 0.248. The van der Waals surface area contributed by atoms with E-state index in [1.807, 2.05) is 30.1 Å². The van der Waals surface area contributed by atoms with Gasteiger partial charge in [-0.25, -0.2) is 0 Å². The molecule has 1 aromatic carbocycles. The van der Waals surface area contributed by atoms with E-state index in [1.54, 1.807) is 0 Å². The number of aliphatic hydroxyl groups is 1. The molecule has 0 saturated carbocycles. The van der Waals surface area contributed by atoms with Crippen LogP contribution in [0.4, 0.5) is 0 Å². The summed E-state index contributed by atoms with van der Waals surface area (Å²) in [6, 6.07) is 10.3. The lowest BCUT2D eigenvalue weighted by molar-refractivity contribution is 0.141. The summed E-state index contributed by atoms with van der Waals surface area (Å²) in [5.41, 5.74) is 5.88. The maximum atomic E-state index is 10.6. The first-order valence-corrected chi connectivity index (χ1v) is 9.25. The predicted molar refractivity (Wildman–Crippen MR) is 103 cm³/mol. The van der Waals surface area contributed by atoms with Crippen LogP contribution in [0.3, 0.4) is 0 Å². The molecule has 1 aliphatic heterocycles. The minimum Gasteiger partial charge on any atom is -0.391 e. The highest BCUT2D eigenvalue weighted by Crippen LogP contribution is 2.27. The molecule has 1 aliphatic rings. The van der Waals surface area contributed by atoms with E-state index in [1.165, 1.54) is 22.2 Å². The highest BCUT2D eigenvalue weighted by molar-refractivity contribution is 5.81. The molecule has 0 unspecified atom stereocenters. The number of hydrogen-bond donors (Lipinski definition) is 1. The zero-order chi connectivity index (χ0) is 18.3. The van der Waals surface area contributed by atoms with E-state index in [-0.39, 0.29) is 12.0 Å². The molecule has 0 radical (unpaired) electrons. The van der Waals surface area contributed by atoms with Crippen molar-refractivity contribution in [2.75, 3.05) is 13.1 Å². The van der Waals surface area contributed by atoms with Crippen LogP contribution >= 0.6 is 0 Å². The second-order valence-corrected chi connectivity index (χ2v) is 7.49. The average molecular weight is 350 g/mol. The Kier molecular flexibility index (Phi) is 4.51. The molecular formula is C21H26N4O. The highest BCUT2D eigenvalue weighted by Gasteiger charge is 2.32. The number of hydrogen-bond acceptors (Lipinski definition) is 4. The molecule has 1 saturated heterocycles. The van der Waals surface area contributed by atoms with E-state index in [9.17, 15) is 5.11 Å². The van der Waals surface area contributed by atoms with Crippen molar-refractivity contribution in [3.05, 3.63) is 59.0 Å². The Morgan fingerprint density at radius 1 is 1.15 bits per heavy atom. The van der Waals surface area contributed by atoms with Gasteiger partial charge in [0.15, 0.2) is 0 Å². The first-order chi connectivity index (χ1) is 12.5. The number of para-hydroxylation sites is 1. The number of aliphatic hydroxyl groups excluding tert-OH is 1. The number of pyridine rings is 1. The van der Waals surface area contributed by atoms with Crippen molar-refractivity contribution in [2.45, 2.75) is 32.9 Å². The van der Waals surface area contributed by atoms with Crippen LogP contribution in [0.25, 0.3) is 10.9 Å². The zero-order valence-electron chi connectivity index (χ0n) is 15.7. The van der Waals surface area contributed by atoms with E-state index >= 15 is 0 Å². The van der Waals surface area contributed by atoms with E-state index in [0.717, 1.165) is 37.3 Å². The number of β-amino-alcohol motifs (C(OH)–C–C–N with tert-alkyl or cyclic N) is 1. The molecule has 26 heavy (non-hydrogen) atoms. The van der Waals surface area contributed by atoms with Gasteiger partial charge in [-0.2, -0.15) is 5.10 Å². The van der Waals surface area contributed by atoms with Gasteiger partial charge in [0.1, 0.15) is 0 Å². The highest BCUT2D eigenvalue weighted by atomic mass is 16.3. The van der Waals surface area contributed by atoms with Crippen molar-refractivity contribution >= 4 is 10.9 Å². The number of aromatic nitrogens is 3. The normalized spacial score (nSPS) is 20.9. The van der Waals surface area contributed by atoms with Gasteiger partial charge in [0.25, 0.3) is 0 Å². The zero-order valence-corrected chi connectivity index (χ0v) is 15.7. The Bertz CT molecular complexity index is 928. The lowest BCUT2D eigenvalue weighted by atomic mass is 9.94. The largest absolute Gasteiger partial charge is 0.391 e. The third-order valence-electron chi connectivity index (χ3n) is 5.74. The van der Waals surface area contributed by atoms with Crippen LogP contribution in [0, 0.1) is 19.8 Å². The number of nitrogens with zero attached hydrogens (tertiary/aromatic N) is 4. The van der Waals surface area contributed by atoms with Gasteiger partial charge in [-0.05, 0) is 38.0 Å². The molecule has 136 valence electrons. The molecule has 2 aromatic heterocycles. The predicted octanol–water partition coefficient (Wildman–Crippen LogP) is 2.62. The van der Waals surface area contributed by atoms with Crippen LogP contribution in [0.1, 0.15) is 22.5 Å². The van der Waals surface area contributed by atoms with Gasteiger partial charge >= 0.3 is 0 Å². The third kappa shape index (κ3) is 3.13. The van der Waals surface area contributed by atoms with Crippen molar-refractivity contribution in [3.8, 4) is 0 Å². The topological polar surface area (TPSA) is 54.2 Å². The first-order valence-electron chi connectivity index (χ1n) is 9.25. The minimum atomic E-state index is -0.292. The molecule has 0 aliphatic carbocycles. The van der Waals surface area contributed by atoms with Crippen molar-refractivity contribution in [3.63, 3.8) is 0 Å². The summed E-state index contributed by atoms with van der Waals surface area (Å²) >= 11 is 0. The summed E-state index contributed by atoms with van der Waals surface area (Å²) in [6.45, 7) is 6.67. The molecule has 4 rings (SSSR count). The van der Waals surface area contributed by atoms with Crippen molar-refractivity contribution < 1.29 is 5.11 Å². The fourth-order valence-corrected chi connectivity index (χ4v) is 4.16. The molecule has 3 heterocycles. The summed E-state index contributed by atoms with van der Waals surface area (Å²) in [5, 5.41) is 16.3. The van der Waals surface area contributed by atoms with Gasteiger partial charge in [-0.3, -0.25) is 14.6 Å². The maximum Gasteiger partial charge on any atom is 0.0710 e. The molecule has 0 bridgehead atoms. The van der Waals surface area contributed by atoms with Crippen LogP contribution in [0.2, 0.25) is 0 Å². The van der Waals surface area contributed by atoms with Crippen molar-refractivity contribution in [1.29, 1.82) is 0 Å². The van der Waals surface area contributed by atoms with Gasteiger partial charge in [-0.15, -0.1) is 0 Å². The van der Waals surface area contributed by atoms with Crippen LogP contribution < -0.4 is 0 Å². The van der Waals surface area contributed by atoms with Crippen molar-refractivity contribution in [2.24, 2.45) is 13.0 Å². The second kappa shape index (κ2) is 6.82. The quantitative estimate of drug-likeness (QED) is 0.786. The Morgan fingerprint density at radius 2 is 1.96 bits per heavy atom. The number of fused-ring (bicyclic) bond motifs is 1. The van der Waals surface area contributed by atoms with E-state index < -0.39 is 0 Å². The average Bonchev–Trinajstić information content (AvgIpc) is 3.09. The van der Waals surface area contributed by atoms with Crippen LogP contribution in [-0.4, -0.2) is 44.0 Å². The molecule has 1 N–H and O–H groups in total. The Balaban J connectivity index is 1.50. The summed E-state index contributed by atoms with van der Waals surface area (Å²) in [6.07, 6.45) is 2.46. The fraction of sp³-hybridized carbons (Fsp3) is 0.429. The molecular weight excluding hydrogens is 324 g/mol. The van der Waals surface area contributed by atoms with Gasteiger partial charge in [0.2, 0.25) is 0 Å². The smallest absolute Gasteiger partial charge is 0.0710 e. The molecule has 0 spiro atoms. The fourth-order valence-electron chi connectivity index (χ4n) is 4.16. The molecule has 2 atom stereocenters. The Morgan fingerprint density at radius 3 is 2.73 bits per heavy atom. The number of aryl methyl sites for hydroxylation is 2. The lowest BCUT2D eigenvalue weighted by Gasteiger charge is -2.16. The standard InChI is InChI=1S/C21H26N4O/c1-14-19(15(2)24(3)23-14)12-25-11-17(21(26)13-25)10-16-8-9-22-20-7-5-4-6-18(16)20/h4-9,17,21,26H,10-13H2,1-3H3/t17-,21-/m1/s1. The second-order valence-electron chi connectivity index (χ2n) is 7.49. The van der Waals surface area contributed by atoms with E-state index in [2.05, 4.69) is 47.0 Å². The van der Waals surface area contributed by atoms with Crippen LogP contribution in [-0.2, 0) is 20.0 Å². The summed E-state index contributed by atoms with van der Waals surface area (Å²) in [4.78, 5) is 6.80. The molecule has 3 aromatic rings. The van der Waals surface area contributed by atoms with Crippen LogP contribution in [0.15, 0.2) is 36.5 Å². The third-order valence-corrected chi connectivity index (χ3v) is 5.74. The van der Waals surface area contributed by atoms with E-state index in [0.29, 0.717) is 0 Å². The number of likely N-dealkylation sites (tertiary alicyclic amines) is 1. The summed E-state index contributed by atoms with van der Waals surface area (Å²) in [7, 11) is 1.99. The summed E-state index contributed by atoms with van der Waals surface area (Å²) < 4.78 is 1.94. The van der Waals surface area contributed by atoms with Gasteiger partial charge in [0, 0.05) is 55.4 Å². The van der Waals surface area contributed by atoms with Crippen molar-refractivity contribution in [1.82, 2.24) is 19.7 Å². The number of rotatable bonds is 4. The van der Waals surface area contributed by atoms with Crippen LogP contribution in [0.5, 0.6) is 0 Å². The Hall–Kier alpha value is -2.24. The lowest BCUT2D eigenvalue weighted by Crippen LogP contribution is -2.22. The van der Waals surface area contributed by atoms with Gasteiger partial charge in [-0.1, -0.05) is 18.2 Å². The number of benzene rings is 1. The monoisotopic (exact) mass is 350 g/mol. The van der Waals surface area contributed by atoms with Gasteiger partial charge < -0.3 is 5.11 Å². The van der Waals surface area contributed by atoms with E-state index in [4.69, 9.17) is 0 Å². The molecule has 0 amide bonds. The SMILES string of the molecule is Cc1nn(C)c(C)c1CN1C[C@@H](Cc2ccnc3ccccc23)[C@H](O)C1. The Labute approximate surface area is 154 Å². The minimum absolute atomic E-state index is 0.248. The molecule has 5 heteroatoms. The molecule has 5 nitrogen and oxygen atoms in total. The maximum absolute atomic E-state index is 10.6. The van der Waals surface area contributed by atoms with Gasteiger partial charge in [0.05, 0.1) is 17.3 Å².